The highest BCUT2D eigenvalue weighted by atomic mass is 15.1. The van der Waals surface area contributed by atoms with Gasteiger partial charge in [0.15, 0.2) is 0 Å². The molecule has 0 unspecified atom stereocenters. The van der Waals surface area contributed by atoms with Gasteiger partial charge in [-0.25, -0.2) is 0 Å². The highest BCUT2D eigenvalue weighted by molar-refractivity contribution is 6.13. The van der Waals surface area contributed by atoms with Gasteiger partial charge < -0.3 is 9.47 Å². The Kier molecular flexibility index (Phi) is 7.70. The zero-order valence-corrected chi connectivity index (χ0v) is 36.8. The van der Waals surface area contributed by atoms with Crippen LogP contribution in [0.5, 0.6) is 0 Å². The van der Waals surface area contributed by atoms with Gasteiger partial charge in [0.25, 0.3) is 0 Å². The number of hydrogen-bond donors (Lipinski definition) is 0. The molecular formula is C64H44N2. The first kappa shape index (κ1) is 37.2. The Morgan fingerprint density at radius 1 is 0.333 bits per heavy atom. The summed E-state index contributed by atoms with van der Waals surface area (Å²) < 4.78 is 2.55. The molecule has 0 atom stereocenters. The van der Waals surface area contributed by atoms with Crippen LogP contribution in [0.2, 0.25) is 0 Å². The van der Waals surface area contributed by atoms with Gasteiger partial charge in [0.2, 0.25) is 0 Å². The Hall–Kier alpha value is -8.20. The van der Waals surface area contributed by atoms with E-state index in [1.165, 1.54) is 105 Å². The second-order valence-electron chi connectivity index (χ2n) is 18.8. The highest BCUT2D eigenvalue weighted by Crippen LogP contribution is 2.61. The number of anilines is 3. The predicted molar refractivity (Wildman–Crippen MR) is 275 cm³/mol. The van der Waals surface area contributed by atoms with Crippen molar-refractivity contribution in [2.24, 2.45) is 0 Å². The first-order chi connectivity index (χ1) is 32.5. The van der Waals surface area contributed by atoms with Gasteiger partial charge >= 0.3 is 0 Å². The molecular weight excluding hydrogens is 797 g/mol. The molecule has 1 aromatic heterocycles. The summed E-state index contributed by atoms with van der Waals surface area (Å²) in [6.07, 6.45) is 0. The molecule has 310 valence electrons. The number of aromatic nitrogens is 1. The molecule has 1 spiro atoms. The lowest BCUT2D eigenvalue weighted by molar-refractivity contribution is 0.660. The monoisotopic (exact) mass is 840 g/mol. The van der Waals surface area contributed by atoms with Crippen molar-refractivity contribution in [3.63, 3.8) is 0 Å². The lowest BCUT2D eigenvalue weighted by Crippen LogP contribution is -2.33. The molecule has 3 aliphatic rings. The van der Waals surface area contributed by atoms with Crippen LogP contribution < -0.4 is 4.90 Å². The van der Waals surface area contributed by atoms with E-state index in [-0.39, 0.29) is 5.41 Å². The highest BCUT2D eigenvalue weighted by Gasteiger charge is 2.50. The Labute approximate surface area is 385 Å². The van der Waals surface area contributed by atoms with Gasteiger partial charge in [0.05, 0.1) is 22.1 Å². The van der Waals surface area contributed by atoms with Crippen molar-refractivity contribution < 1.29 is 0 Å². The number of para-hydroxylation sites is 3. The predicted octanol–water partition coefficient (Wildman–Crippen LogP) is 16.6. The van der Waals surface area contributed by atoms with E-state index in [0.717, 1.165) is 17.1 Å². The summed E-state index contributed by atoms with van der Waals surface area (Å²) in [7, 11) is 0. The summed E-state index contributed by atoms with van der Waals surface area (Å²) in [5, 5.41) is 2.57. The third-order valence-corrected chi connectivity index (χ3v) is 15.2. The van der Waals surface area contributed by atoms with Crippen molar-refractivity contribution >= 4 is 38.9 Å². The summed E-state index contributed by atoms with van der Waals surface area (Å²) in [4.78, 5) is 2.38. The maximum atomic E-state index is 2.55. The van der Waals surface area contributed by atoms with E-state index in [0.29, 0.717) is 0 Å². The summed E-state index contributed by atoms with van der Waals surface area (Å²) in [6, 6.07) is 86.1. The first-order valence-corrected chi connectivity index (χ1v) is 23.2. The minimum Gasteiger partial charge on any atom is -0.310 e. The summed E-state index contributed by atoms with van der Waals surface area (Å²) in [6.45, 7) is 4.71. The van der Waals surface area contributed by atoms with Crippen molar-refractivity contribution in [1.82, 2.24) is 4.57 Å². The van der Waals surface area contributed by atoms with Crippen molar-refractivity contribution in [1.29, 1.82) is 0 Å². The third kappa shape index (κ3) is 4.96. The van der Waals surface area contributed by atoms with E-state index in [2.05, 4.69) is 254 Å². The molecule has 2 heterocycles. The van der Waals surface area contributed by atoms with E-state index >= 15 is 0 Å². The molecule has 2 nitrogen and oxygen atoms in total. The molecule has 0 fully saturated rings. The van der Waals surface area contributed by atoms with Crippen LogP contribution in [-0.2, 0) is 10.8 Å². The largest absolute Gasteiger partial charge is 0.310 e. The molecule has 10 aromatic carbocycles. The maximum Gasteiger partial charge on any atom is 0.0754 e. The van der Waals surface area contributed by atoms with Gasteiger partial charge in [-0.15, -0.1) is 0 Å². The van der Waals surface area contributed by atoms with E-state index < -0.39 is 5.41 Å². The van der Waals surface area contributed by atoms with E-state index in [9.17, 15) is 0 Å². The van der Waals surface area contributed by atoms with Crippen LogP contribution in [-0.4, -0.2) is 4.57 Å². The van der Waals surface area contributed by atoms with E-state index in [1.54, 1.807) is 0 Å². The lowest BCUT2D eigenvalue weighted by Gasteiger charge is -2.39. The second-order valence-corrected chi connectivity index (χ2v) is 18.8. The van der Waals surface area contributed by atoms with Crippen LogP contribution in [0.1, 0.15) is 47.2 Å². The molecule has 0 N–H and O–H groups in total. The Morgan fingerprint density at radius 2 is 0.864 bits per heavy atom. The number of nitrogens with zero attached hydrogens (tertiary/aromatic N) is 2. The molecule has 2 aliphatic carbocycles. The Balaban J connectivity index is 0.901. The SMILES string of the molecule is CC1(C)c2ccccc2-c2ccc(-c3cccc(N(c4ccccc4)c4ccc(-c5ccc6c(c5)-n5c7ccccc7c7cccc(c75)C65c6ccccc6-c6ccccc65)cc4)c3)cc21. The van der Waals surface area contributed by atoms with Crippen molar-refractivity contribution in [2.45, 2.75) is 24.7 Å². The molecule has 0 bridgehead atoms. The van der Waals surface area contributed by atoms with Gasteiger partial charge in [-0.3, -0.25) is 0 Å². The van der Waals surface area contributed by atoms with Gasteiger partial charge in [0.1, 0.15) is 0 Å². The third-order valence-electron chi connectivity index (χ3n) is 15.2. The van der Waals surface area contributed by atoms with Crippen LogP contribution in [0.3, 0.4) is 0 Å². The molecule has 0 amide bonds. The number of benzene rings is 10. The molecule has 1 aliphatic heterocycles. The smallest absolute Gasteiger partial charge is 0.0754 e. The fraction of sp³-hybridized carbons (Fsp3) is 0.0625. The minimum absolute atomic E-state index is 0.0589. The molecule has 0 radical (unpaired) electrons. The van der Waals surface area contributed by atoms with Crippen molar-refractivity contribution in [3.8, 4) is 50.2 Å². The van der Waals surface area contributed by atoms with Crippen molar-refractivity contribution in [3.05, 3.63) is 264 Å². The van der Waals surface area contributed by atoms with Crippen LogP contribution in [0.25, 0.3) is 72.0 Å². The fourth-order valence-corrected chi connectivity index (χ4v) is 12.3. The van der Waals surface area contributed by atoms with Gasteiger partial charge in [-0.1, -0.05) is 190 Å². The molecule has 2 heteroatoms. The minimum atomic E-state index is -0.458. The molecule has 66 heavy (non-hydrogen) atoms. The average Bonchev–Trinajstić information content (AvgIpc) is 3.96. The van der Waals surface area contributed by atoms with E-state index in [4.69, 9.17) is 0 Å². The zero-order chi connectivity index (χ0) is 43.7. The number of rotatable bonds is 5. The molecule has 0 saturated carbocycles. The van der Waals surface area contributed by atoms with Crippen LogP contribution in [0.15, 0.2) is 231 Å². The van der Waals surface area contributed by atoms with Gasteiger partial charge in [0, 0.05) is 33.2 Å². The van der Waals surface area contributed by atoms with Crippen molar-refractivity contribution in [2.75, 3.05) is 4.90 Å². The maximum absolute atomic E-state index is 2.55. The van der Waals surface area contributed by atoms with Crippen LogP contribution >= 0.6 is 0 Å². The van der Waals surface area contributed by atoms with Crippen LogP contribution in [0.4, 0.5) is 17.1 Å². The Morgan fingerprint density at radius 3 is 1.64 bits per heavy atom. The van der Waals surface area contributed by atoms with Gasteiger partial charge in [-0.2, -0.15) is 0 Å². The summed E-state index contributed by atoms with van der Waals surface area (Å²) >= 11 is 0. The first-order valence-electron chi connectivity index (χ1n) is 23.2. The fourth-order valence-electron chi connectivity index (χ4n) is 12.3. The summed E-state index contributed by atoms with van der Waals surface area (Å²) in [5.41, 5.74) is 24.8. The normalized spacial score (nSPS) is 14.2. The number of hydrogen-bond acceptors (Lipinski definition) is 1. The van der Waals surface area contributed by atoms with Gasteiger partial charge in [-0.05, 0) is 132 Å². The zero-order valence-electron chi connectivity index (χ0n) is 36.8. The quantitative estimate of drug-likeness (QED) is 0.168. The van der Waals surface area contributed by atoms with E-state index in [1.807, 2.05) is 0 Å². The topological polar surface area (TPSA) is 8.17 Å². The van der Waals surface area contributed by atoms with Crippen LogP contribution in [0, 0.1) is 0 Å². The molecule has 11 aromatic rings. The average molecular weight is 841 g/mol. The Bertz CT molecular complexity index is 3750. The summed E-state index contributed by atoms with van der Waals surface area (Å²) in [5.74, 6) is 0. The molecule has 0 saturated heterocycles. The number of fused-ring (bicyclic) bond motifs is 15. The lowest BCUT2D eigenvalue weighted by atomic mass is 9.65. The second kappa shape index (κ2) is 13.7. The molecule has 14 rings (SSSR count). The standard InChI is InChI=1S/C64H44N2/c1-63(2)54-25-10-6-20-48(54)51-36-32-43(39-59(51)63)42-16-14-19-47(38-42)65(45-17-4-3-5-18-45)46-34-30-41(31-35-46)44-33-37-57-61(40-44)66-60-29-13-9-23-52(60)53-24-15-28-58(62(53)66)64(57)55-26-11-7-21-49(55)50-22-8-12-27-56(50)64/h3-40H,1-2H3.